The lowest BCUT2D eigenvalue weighted by atomic mass is 10.0. The fraction of sp³-hybridized carbons (Fsp3) is 0.240. The van der Waals surface area contributed by atoms with Crippen molar-refractivity contribution in [2.45, 2.75) is 33.3 Å². The first kappa shape index (κ1) is 21.5. The molecule has 0 amide bonds. The van der Waals surface area contributed by atoms with E-state index in [-0.39, 0.29) is 11.9 Å². The Morgan fingerprint density at radius 3 is 1.93 bits per heavy atom. The van der Waals surface area contributed by atoms with Crippen LogP contribution in [0.2, 0.25) is 0 Å². The maximum Gasteiger partial charge on any atom is 0.343 e. The van der Waals surface area contributed by atoms with E-state index in [9.17, 15) is 13.6 Å². The van der Waals surface area contributed by atoms with Crippen LogP contribution in [-0.2, 0) is 0 Å². The van der Waals surface area contributed by atoms with Crippen LogP contribution in [0.25, 0.3) is 11.1 Å². The highest BCUT2D eigenvalue weighted by Gasteiger charge is 2.12. The van der Waals surface area contributed by atoms with E-state index < -0.39 is 17.6 Å². The van der Waals surface area contributed by atoms with Gasteiger partial charge in [-0.25, -0.2) is 13.6 Å². The van der Waals surface area contributed by atoms with E-state index >= 15 is 0 Å². The molecule has 0 aliphatic heterocycles. The Balaban J connectivity index is 1.64. The molecule has 0 aliphatic carbocycles. The van der Waals surface area contributed by atoms with Crippen molar-refractivity contribution in [1.29, 1.82) is 0 Å². The zero-order valence-corrected chi connectivity index (χ0v) is 17.2. The topological polar surface area (TPSA) is 35.5 Å². The van der Waals surface area contributed by atoms with Crippen LogP contribution < -0.4 is 9.47 Å². The van der Waals surface area contributed by atoms with Crippen molar-refractivity contribution in [1.82, 2.24) is 0 Å². The Labute approximate surface area is 175 Å². The predicted molar refractivity (Wildman–Crippen MR) is 113 cm³/mol. The fourth-order valence-corrected chi connectivity index (χ4v) is 3.18. The van der Waals surface area contributed by atoms with Crippen molar-refractivity contribution >= 4 is 5.97 Å². The molecule has 0 fully saturated rings. The van der Waals surface area contributed by atoms with Crippen LogP contribution in [0.3, 0.4) is 0 Å². The van der Waals surface area contributed by atoms with Crippen molar-refractivity contribution in [2.75, 3.05) is 0 Å². The van der Waals surface area contributed by atoms with Crippen molar-refractivity contribution in [3.8, 4) is 22.6 Å². The first-order valence-corrected chi connectivity index (χ1v) is 9.86. The van der Waals surface area contributed by atoms with Crippen LogP contribution in [0.15, 0.2) is 66.7 Å². The molecule has 0 spiro atoms. The van der Waals surface area contributed by atoms with Crippen LogP contribution in [0.5, 0.6) is 11.5 Å². The summed E-state index contributed by atoms with van der Waals surface area (Å²) in [5, 5.41) is 0. The maximum atomic E-state index is 13.3. The third-order valence-electron chi connectivity index (χ3n) is 4.55. The average molecular weight is 410 g/mol. The van der Waals surface area contributed by atoms with Gasteiger partial charge in [0.15, 0.2) is 11.6 Å². The third-order valence-corrected chi connectivity index (χ3v) is 4.55. The number of esters is 1. The summed E-state index contributed by atoms with van der Waals surface area (Å²) in [7, 11) is 0. The van der Waals surface area contributed by atoms with E-state index in [0.717, 1.165) is 35.4 Å². The quantitative estimate of drug-likeness (QED) is 0.323. The molecule has 3 aromatic carbocycles. The highest BCUT2D eigenvalue weighted by atomic mass is 19.2. The van der Waals surface area contributed by atoms with Crippen LogP contribution >= 0.6 is 0 Å². The number of rotatable bonds is 7. The standard InChI is InChI=1S/C25H24F2O3/c1-16(2)14-17(3)29-21-10-8-19(9-11-21)18-4-6-20(7-5-18)25(28)30-22-12-13-23(26)24(27)15-22/h4-13,15-17H,14H2,1-3H3. The summed E-state index contributed by atoms with van der Waals surface area (Å²) in [5.41, 5.74) is 2.23. The summed E-state index contributed by atoms with van der Waals surface area (Å²) in [6.07, 6.45) is 1.14. The highest BCUT2D eigenvalue weighted by Crippen LogP contribution is 2.25. The Morgan fingerprint density at radius 1 is 0.800 bits per heavy atom. The number of hydrogen-bond donors (Lipinski definition) is 0. The lowest BCUT2D eigenvalue weighted by Gasteiger charge is -2.16. The number of ether oxygens (including phenoxy) is 2. The molecule has 30 heavy (non-hydrogen) atoms. The first-order valence-electron chi connectivity index (χ1n) is 9.86. The minimum Gasteiger partial charge on any atom is -0.491 e. The Morgan fingerprint density at radius 2 is 1.37 bits per heavy atom. The molecular weight excluding hydrogens is 386 g/mol. The summed E-state index contributed by atoms with van der Waals surface area (Å²) >= 11 is 0. The summed E-state index contributed by atoms with van der Waals surface area (Å²) < 4.78 is 37.3. The second-order valence-electron chi connectivity index (χ2n) is 7.63. The summed E-state index contributed by atoms with van der Waals surface area (Å²) in [4.78, 5) is 12.2. The minimum absolute atomic E-state index is 0.0507. The number of carbonyl (C=O) groups excluding carboxylic acids is 1. The Kier molecular flexibility index (Phi) is 6.83. The van der Waals surface area contributed by atoms with E-state index in [2.05, 4.69) is 20.8 Å². The van der Waals surface area contributed by atoms with Gasteiger partial charge < -0.3 is 9.47 Å². The molecule has 3 rings (SSSR count). The van der Waals surface area contributed by atoms with Gasteiger partial charge in [0.25, 0.3) is 0 Å². The number of hydrogen-bond acceptors (Lipinski definition) is 3. The maximum absolute atomic E-state index is 13.3. The summed E-state index contributed by atoms with van der Waals surface area (Å²) in [6.45, 7) is 6.40. The van der Waals surface area contributed by atoms with E-state index in [0.29, 0.717) is 11.5 Å². The molecular formula is C25H24F2O3. The number of halogens is 2. The lowest BCUT2D eigenvalue weighted by molar-refractivity contribution is 0.0734. The van der Waals surface area contributed by atoms with Gasteiger partial charge in [0.2, 0.25) is 0 Å². The molecule has 3 aromatic rings. The Hall–Kier alpha value is -3.21. The number of benzene rings is 3. The molecule has 1 unspecified atom stereocenters. The largest absolute Gasteiger partial charge is 0.491 e. The van der Waals surface area contributed by atoms with E-state index in [1.165, 1.54) is 6.07 Å². The molecule has 156 valence electrons. The van der Waals surface area contributed by atoms with Gasteiger partial charge >= 0.3 is 5.97 Å². The smallest absolute Gasteiger partial charge is 0.343 e. The van der Waals surface area contributed by atoms with Gasteiger partial charge in [-0.3, -0.25) is 0 Å². The van der Waals surface area contributed by atoms with Gasteiger partial charge in [-0.15, -0.1) is 0 Å². The third kappa shape index (κ3) is 5.66. The second-order valence-corrected chi connectivity index (χ2v) is 7.63. The van der Waals surface area contributed by atoms with Crippen LogP contribution in [0.4, 0.5) is 8.78 Å². The Bertz CT molecular complexity index is 996. The second kappa shape index (κ2) is 9.53. The van der Waals surface area contributed by atoms with Gasteiger partial charge in [0.05, 0.1) is 11.7 Å². The lowest BCUT2D eigenvalue weighted by Crippen LogP contribution is -2.14. The van der Waals surface area contributed by atoms with Crippen LogP contribution in [-0.4, -0.2) is 12.1 Å². The zero-order valence-electron chi connectivity index (χ0n) is 17.2. The van der Waals surface area contributed by atoms with Crippen molar-refractivity contribution in [2.24, 2.45) is 5.92 Å². The molecule has 0 saturated heterocycles. The van der Waals surface area contributed by atoms with Crippen LogP contribution in [0.1, 0.15) is 37.6 Å². The SMILES string of the molecule is CC(C)CC(C)Oc1ccc(-c2ccc(C(=O)Oc3ccc(F)c(F)c3)cc2)cc1. The monoisotopic (exact) mass is 410 g/mol. The highest BCUT2D eigenvalue weighted by molar-refractivity contribution is 5.91. The van der Waals surface area contributed by atoms with Crippen molar-refractivity contribution < 1.29 is 23.0 Å². The molecule has 0 aromatic heterocycles. The minimum atomic E-state index is -1.07. The predicted octanol–water partition coefficient (Wildman–Crippen LogP) is 6.66. The summed E-state index contributed by atoms with van der Waals surface area (Å²) in [5.74, 6) is -1.36. The van der Waals surface area contributed by atoms with Gasteiger partial charge in [0.1, 0.15) is 11.5 Å². The zero-order chi connectivity index (χ0) is 21.7. The molecule has 0 heterocycles. The number of carbonyl (C=O) groups is 1. The van der Waals surface area contributed by atoms with Crippen molar-refractivity contribution in [3.05, 3.63) is 83.9 Å². The molecule has 1 atom stereocenters. The molecule has 0 saturated carbocycles. The average Bonchev–Trinajstić information content (AvgIpc) is 2.71. The van der Waals surface area contributed by atoms with Gasteiger partial charge in [0, 0.05) is 6.07 Å². The molecule has 3 nitrogen and oxygen atoms in total. The molecule has 0 bridgehead atoms. The van der Waals surface area contributed by atoms with E-state index in [4.69, 9.17) is 9.47 Å². The van der Waals surface area contributed by atoms with Crippen LogP contribution in [0, 0.1) is 17.6 Å². The summed E-state index contributed by atoms with van der Waals surface area (Å²) in [6, 6.07) is 17.6. The van der Waals surface area contributed by atoms with Gasteiger partial charge in [-0.05, 0) is 66.8 Å². The van der Waals surface area contributed by atoms with E-state index in [1.54, 1.807) is 24.3 Å². The molecule has 0 aliphatic rings. The van der Waals surface area contributed by atoms with Crippen molar-refractivity contribution in [3.63, 3.8) is 0 Å². The molecule has 0 N–H and O–H groups in total. The van der Waals surface area contributed by atoms with Gasteiger partial charge in [-0.2, -0.15) is 0 Å². The molecule has 5 heteroatoms. The first-order chi connectivity index (χ1) is 14.3. The van der Waals surface area contributed by atoms with E-state index in [1.807, 2.05) is 24.3 Å². The normalized spacial score (nSPS) is 11.9. The fourth-order valence-electron chi connectivity index (χ4n) is 3.18. The molecule has 0 radical (unpaired) electrons. The van der Waals surface area contributed by atoms with Gasteiger partial charge in [-0.1, -0.05) is 38.1 Å².